The van der Waals surface area contributed by atoms with E-state index >= 15 is 0 Å². The number of halogens is 1. The lowest BCUT2D eigenvalue weighted by Crippen LogP contribution is -2.64. The van der Waals surface area contributed by atoms with Gasteiger partial charge in [0.25, 0.3) is 0 Å². The van der Waals surface area contributed by atoms with Crippen LogP contribution in [0.4, 0.5) is 0 Å². The third-order valence-electron chi connectivity index (χ3n) is 4.83. The second-order valence-corrected chi connectivity index (χ2v) is 8.75. The third kappa shape index (κ3) is 4.42. The Balaban J connectivity index is 0.00000176. The fourth-order valence-corrected chi connectivity index (χ4v) is 4.77. The first-order chi connectivity index (χ1) is 10.1. The van der Waals surface area contributed by atoms with E-state index in [0.717, 1.165) is 25.6 Å². The van der Waals surface area contributed by atoms with Gasteiger partial charge in [-0.3, -0.25) is 14.8 Å². The molecule has 2 bridgehead atoms. The van der Waals surface area contributed by atoms with Crippen molar-refractivity contribution in [3.63, 3.8) is 0 Å². The maximum absolute atomic E-state index is 4.51. The predicted octanol–water partition coefficient (Wildman–Crippen LogP) is 1.01. The molecule has 4 rings (SSSR count). The van der Waals surface area contributed by atoms with Gasteiger partial charge in [-0.05, 0) is 13.8 Å². The molecule has 0 amide bonds. The maximum atomic E-state index is 4.51. The summed E-state index contributed by atoms with van der Waals surface area (Å²) in [6.07, 6.45) is 0. The number of guanidine groups is 1. The van der Waals surface area contributed by atoms with Gasteiger partial charge in [-0.2, -0.15) is 11.8 Å². The molecule has 4 saturated heterocycles. The molecule has 7 heteroatoms. The molecule has 0 aliphatic carbocycles. The largest absolute Gasteiger partial charge is 0.355 e. The number of aliphatic imine (C=N–C) groups is 1. The van der Waals surface area contributed by atoms with Gasteiger partial charge < -0.3 is 10.2 Å². The van der Waals surface area contributed by atoms with Crippen LogP contribution in [0.1, 0.15) is 13.8 Å². The summed E-state index contributed by atoms with van der Waals surface area (Å²) in [5, 5.41) is 3.63. The van der Waals surface area contributed by atoms with Crippen molar-refractivity contribution >= 4 is 41.7 Å². The molecule has 1 atom stereocenters. The molecule has 0 aromatic rings. The van der Waals surface area contributed by atoms with Crippen LogP contribution < -0.4 is 5.32 Å². The minimum absolute atomic E-state index is 0. The fourth-order valence-electron chi connectivity index (χ4n) is 3.66. The van der Waals surface area contributed by atoms with Gasteiger partial charge in [0.05, 0.1) is 0 Å². The summed E-state index contributed by atoms with van der Waals surface area (Å²) in [5.74, 6) is 2.28. The van der Waals surface area contributed by atoms with Gasteiger partial charge in [0.2, 0.25) is 0 Å². The van der Waals surface area contributed by atoms with E-state index in [0.29, 0.717) is 10.8 Å². The molecule has 0 spiro atoms. The molecule has 0 aromatic heterocycles. The highest BCUT2D eigenvalue weighted by Gasteiger charge is 2.33. The van der Waals surface area contributed by atoms with Crippen LogP contribution in [0.5, 0.6) is 0 Å². The quantitative estimate of drug-likeness (QED) is 0.395. The Morgan fingerprint density at radius 3 is 2.50 bits per heavy atom. The number of nitrogens with one attached hydrogen (secondary N) is 1. The van der Waals surface area contributed by atoms with E-state index in [1.807, 2.05) is 7.05 Å². The molecule has 5 nitrogen and oxygen atoms in total. The van der Waals surface area contributed by atoms with Crippen molar-refractivity contribution in [2.75, 3.05) is 65.2 Å². The van der Waals surface area contributed by atoms with Gasteiger partial charge >= 0.3 is 0 Å². The van der Waals surface area contributed by atoms with E-state index in [9.17, 15) is 0 Å². The van der Waals surface area contributed by atoms with Crippen molar-refractivity contribution in [3.8, 4) is 0 Å². The number of rotatable bonds is 2. The van der Waals surface area contributed by atoms with Gasteiger partial charge in [-0.1, -0.05) is 0 Å². The van der Waals surface area contributed by atoms with Crippen molar-refractivity contribution in [2.45, 2.75) is 24.6 Å². The predicted molar refractivity (Wildman–Crippen MR) is 107 cm³/mol. The number of hydrogen-bond donors (Lipinski definition) is 1. The number of fused-ring (bicyclic) bond motifs is 3. The van der Waals surface area contributed by atoms with Crippen molar-refractivity contribution in [3.05, 3.63) is 0 Å². The summed E-state index contributed by atoms with van der Waals surface area (Å²) in [4.78, 5) is 12.2. The average Bonchev–Trinajstić information content (AvgIpc) is 2.48. The molecule has 128 valence electrons. The number of piperazine rings is 3. The Labute approximate surface area is 156 Å². The van der Waals surface area contributed by atoms with Crippen molar-refractivity contribution in [1.82, 2.24) is 20.0 Å². The minimum Gasteiger partial charge on any atom is -0.355 e. The lowest BCUT2D eigenvalue weighted by molar-refractivity contribution is 0.0152. The van der Waals surface area contributed by atoms with Crippen LogP contribution >= 0.6 is 35.7 Å². The summed E-state index contributed by atoms with van der Waals surface area (Å²) in [7, 11) is 1.91. The van der Waals surface area contributed by atoms with E-state index in [1.54, 1.807) is 0 Å². The number of hydrogen-bond acceptors (Lipinski definition) is 4. The normalized spacial score (nSPS) is 34.2. The van der Waals surface area contributed by atoms with E-state index in [4.69, 9.17) is 0 Å². The molecule has 4 fully saturated rings. The summed E-state index contributed by atoms with van der Waals surface area (Å²) < 4.78 is 0.328. The Kier molecular flexibility index (Phi) is 6.68. The molecular formula is C15H30IN5S. The highest BCUT2D eigenvalue weighted by atomic mass is 127. The van der Waals surface area contributed by atoms with Gasteiger partial charge in [0, 0.05) is 75.9 Å². The second-order valence-electron chi connectivity index (χ2n) is 6.95. The fraction of sp³-hybridized carbons (Fsp3) is 0.933. The number of nitrogens with zero attached hydrogens (tertiary/aromatic N) is 4. The zero-order chi connectivity index (χ0) is 14.9. The van der Waals surface area contributed by atoms with E-state index < -0.39 is 0 Å². The molecule has 0 aromatic carbocycles. The summed E-state index contributed by atoms with van der Waals surface area (Å²) in [6.45, 7) is 14.1. The minimum atomic E-state index is 0. The Morgan fingerprint density at radius 1 is 1.23 bits per heavy atom. The maximum Gasteiger partial charge on any atom is 0.193 e. The smallest absolute Gasteiger partial charge is 0.193 e. The molecule has 4 heterocycles. The van der Waals surface area contributed by atoms with Crippen LogP contribution in [0, 0.1) is 0 Å². The lowest BCUT2D eigenvalue weighted by atomic mass is 10.1. The standard InChI is InChI=1S/C15H29N5S.HI/c1-15(2)12-20(8-9-21-15)14(16-3)17-10-13-11-18-4-6-19(13)7-5-18;/h13H,4-12H2,1-3H3,(H,16,17);1H. The van der Waals surface area contributed by atoms with Gasteiger partial charge in [-0.25, -0.2) is 0 Å². The number of thioether (sulfide) groups is 1. The van der Waals surface area contributed by atoms with Crippen LogP contribution in [0.2, 0.25) is 0 Å². The van der Waals surface area contributed by atoms with Gasteiger partial charge in [0.1, 0.15) is 0 Å². The monoisotopic (exact) mass is 439 g/mol. The van der Waals surface area contributed by atoms with Gasteiger partial charge in [0.15, 0.2) is 5.96 Å². The van der Waals surface area contributed by atoms with E-state index in [-0.39, 0.29) is 24.0 Å². The molecule has 22 heavy (non-hydrogen) atoms. The molecule has 0 radical (unpaired) electrons. The zero-order valence-electron chi connectivity index (χ0n) is 14.0. The second kappa shape index (κ2) is 7.90. The zero-order valence-corrected chi connectivity index (χ0v) is 17.2. The summed E-state index contributed by atoms with van der Waals surface area (Å²) in [5.41, 5.74) is 0. The van der Waals surface area contributed by atoms with Crippen molar-refractivity contribution < 1.29 is 0 Å². The van der Waals surface area contributed by atoms with E-state index in [2.05, 4.69) is 50.6 Å². The Hall–Kier alpha value is 0.270. The van der Waals surface area contributed by atoms with Crippen molar-refractivity contribution in [2.24, 2.45) is 4.99 Å². The topological polar surface area (TPSA) is 34.1 Å². The van der Waals surface area contributed by atoms with Crippen LogP contribution in [0.15, 0.2) is 4.99 Å². The van der Waals surface area contributed by atoms with Crippen LogP contribution in [-0.4, -0.2) is 96.6 Å². The highest BCUT2D eigenvalue weighted by molar-refractivity contribution is 14.0. The molecule has 1 unspecified atom stereocenters. The molecule has 4 aliphatic rings. The van der Waals surface area contributed by atoms with Crippen molar-refractivity contribution in [1.29, 1.82) is 0 Å². The summed E-state index contributed by atoms with van der Waals surface area (Å²) in [6, 6.07) is 0.649. The van der Waals surface area contributed by atoms with E-state index in [1.165, 1.54) is 38.5 Å². The molecule has 1 N–H and O–H groups in total. The summed E-state index contributed by atoms with van der Waals surface area (Å²) >= 11 is 2.07. The lowest BCUT2D eigenvalue weighted by Gasteiger charge is -2.48. The first kappa shape index (κ1) is 18.6. The molecular weight excluding hydrogens is 409 g/mol. The molecule has 4 aliphatic heterocycles. The third-order valence-corrected chi connectivity index (χ3v) is 6.12. The Morgan fingerprint density at radius 2 is 1.95 bits per heavy atom. The van der Waals surface area contributed by atoms with Crippen LogP contribution in [0.25, 0.3) is 0 Å². The average molecular weight is 439 g/mol. The SMILES string of the molecule is CN=C(NCC1CN2CCN1CC2)N1CCSC(C)(C)C1.I. The first-order valence-corrected chi connectivity index (χ1v) is 9.12. The Bertz CT molecular complexity index is 395. The first-order valence-electron chi connectivity index (χ1n) is 8.13. The van der Waals surface area contributed by atoms with Crippen LogP contribution in [0.3, 0.4) is 0 Å². The van der Waals surface area contributed by atoms with Gasteiger partial charge in [-0.15, -0.1) is 24.0 Å². The molecule has 0 saturated carbocycles. The highest BCUT2D eigenvalue weighted by Crippen LogP contribution is 2.29. The van der Waals surface area contributed by atoms with Crippen LogP contribution in [-0.2, 0) is 0 Å².